The smallest absolute Gasteiger partial charge is 1.00 e. The fourth-order valence-electron chi connectivity index (χ4n) is 1.40. The number of nitrogen functional groups attached to an aromatic ring is 2. The summed E-state index contributed by atoms with van der Waals surface area (Å²) in [5.74, 6) is -0.172. The van der Waals surface area contributed by atoms with Gasteiger partial charge in [-0.2, -0.15) is 0 Å². The maximum atomic E-state index is 11.8. The van der Waals surface area contributed by atoms with Crippen molar-refractivity contribution in [1.82, 2.24) is 0 Å². The van der Waals surface area contributed by atoms with Gasteiger partial charge in [0, 0.05) is 22.6 Å². The molecule has 0 fully saturated rings. The van der Waals surface area contributed by atoms with E-state index in [0.29, 0.717) is 22.6 Å². The first-order valence-corrected chi connectivity index (χ1v) is 5.17. The van der Waals surface area contributed by atoms with Crippen molar-refractivity contribution < 1.29 is 35.8 Å². The van der Waals surface area contributed by atoms with Crippen molar-refractivity contribution in [3.8, 4) is 0 Å². The predicted octanol–water partition coefficient (Wildman–Crippen LogP) is -0.780. The molecule has 0 radical (unpaired) electrons. The summed E-state index contributed by atoms with van der Waals surface area (Å²) in [4.78, 5) is 11.8. The Morgan fingerprint density at radius 2 is 1.33 bits per heavy atom. The number of anilines is 3. The molecular weight excluding hydrogens is 237 g/mol. The van der Waals surface area contributed by atoms with Crippen LogP contribution in [-0.2, 0) is 0 Å². The molecule has 0 atom stereocenters. The summed E-state index contributed by atoms with van der Waals surface area (Å²) in [6.45, 7) is 0. The molecule has 4 nitrogen and oxygen atoms in total. The third-order valence-electron chi connectivity index (χ3n) is 2.34. The van der Waals surface area contributed by atoms with E-state index in [1.807, 2.05) is 0 Å². The Morgan fingerprint density at radius 1 is 0.889 bits per heavy atom. The Bertz CT molecular complexity index is 529. The van der Waals surface area contributed by atoms with Crippen LogP contribution in [0.4, 0.5) is 17.1 Å². The Balaban J connectivity index is 0.00000162. The van der Waals surface area contributed by atoms with Crippen LogP contribution in [0.25, 0.3) is 0 Å². The molecule has 0 unspecified atom stereocenters. The van der Waals surface area contributed by atoms with E-state index in [0.717, 1.165) is 0 Å². The summed E-state index contributed by atoms with van der Waals surface area (Å²) in [5.41, 5.74) is 13.7. The van der Waals surface area contributed by atoms with Crippen molar-refractivity contribution in [2.75, 3.05) is 16.8 Å². The topological polar surface area (TPSA) is 81.1 Å². The molecule has 0 saturated heterocycles. The minimum atomic E-state index is -0.172. The molecule has 88 valence electrons. The van der Waals surface area contributed by atoms with Crippen molar-refractivity contribution in [2.45, 2.75) is 0 Å². The number of benzene rings is 2. The number of hydrogen-bond donors (Lipinski definition) is 3. The number of nitrogens with one attached hydrogen (secondary N) is 1. The number of amides is 1. The van der Waals surface area contributed by atoms with Crippen LogP contribution in [0.1, 0.15) is 11.8 Å². The van der Waals surface area contributed by atoms with E-state index in [2.05, 4.69) is 5.32 Å². The van der Waals surface area contributed by atoms with Gasteiger partial charge < -0.3 is 18.2 Å². The van der Waals surface area contributed by atoms with Gasteiger partial charge in [-0.05, 0) is 48.5 Å². The van der Waals surface area contributed by atoms with E-state index in [1.165, 1.54) is 0 Å². The molecule has 2 rings (SSSR count). The first-order valence-electron chi connectivity index (χ1n) is 5.17. The summed E-state index contributed by atoms with van der Waals surface area (Å²) in [6.07, 6.45) is 0. The summed E-state index contributed by atoms with van der Waals surface area (Å²) in [7, 11) is 0. The largest absolute Gasteiger partial charge is 1.00 e. The van der Waals surface area contributed by atoms with Crippen LogP contribution in [0, 0.1) is 0 Å². The maximum Gasteiger partial charge on any atom is 1.00 e. The van der Waals surface area contributed by atoms with Crippen LogP contribution in [-0.4, -0.2) is 5.91 Å². The summed E-state index contributed by atoms with van der Waals surface area (Å²) >= 11 is 0. The summed E-state index contributed by atoms with van der Waals surface area (Å²) in [5, 5.41) is 2.77. The molecule has 0 aliphatic heterocycles. The van der Waals surface area contributed by atoms with Gasteiger partial charge in [-0.15, -0.1) is 0 Å². The number of rotatable bonds is 2. The van der Waals surface area contributed by atoms with Gasteiger partial charge >= 0.3 is 29.6 Å². The van der Waals surface area contributed by atoms with Gasteiger partial charge in [-0.3, -0.25) is 4.79 Å². The molecule has 18 heavy (non-hydrogen) atoms. The molecule has 5 heteroatoms. The van der Waals surface area contributed by atoms with Crippen LogP contribution in [0.3, 0.4) is 0 Å². The van der Waals surface area contributed by atoms with Crippen LogP contribution in [0.15, 0.2) is 48.5 Å². The quantitative estimate of drug-likeness (QED) is 0.484. The first-order chi connectivity index (χ1) is 8.15. The van der Waals surface area contributed by atoms with Gasteiger partial charge in [-0.25, -0.2) is 0 Å². The zero-order valence-electron chi connectivity index (χ0n) is 11.2. The molecule has 0 bridgehead atoms. The molecule has 2 aromatic carbocycles. The zero-order valence-corrected chi connectivity index (χ0v) is 12.2. The van der Waals surface area contributed by atoms with E-state index < -0.39 is 0 Å². The molecule has 2 aromatic rings. The molecular formula is C13H14N3NaO. The predicted molar refractivity (Wildman–Crippen MR) is 70.8 cm³/mol. The normalized spacial score (nSPS) is 9.33. The van der Waals surface area contributed by atoms with Crippen molar-refractivity contribution in [1.29, 1.82) is 0 Å². The minimum Gasteiger partial charge on any atom is -1.00 e. The first kappa shape index (κ1) is 14.6. The van der Waals surface area contributed by atoms with E-state index in [9.17, 15) is 4.79 Å². The molecule has 0 aliphatic carbocycles. The van der Waals surface area contributed by atoms with Crippen LogP contribution in [0.2, 0.25) is 0 Å². The molecule has 0 aliphatic rings. The summed E-state index contributed by atoms with van der Waals surface area (Å²) < 4.78 is 0. The average Bonchev–Trinajstić information content (AvgIpc) is 2.33. The second-order valence-electron chi connectivity index (χ2n) is 3.70. The average molecular weight is 251 g/mol. The third-order valence-corrected chi connectivity index (χ3v) is 2.34. The monoisotopic (exact) mass is 251 g/mol. The van der Waals surface area contributed by atoms with E-state index >= 15 is 0 Å². The van der Waals surface area contributed by atoms with Gasteiger partial charge in [0.25, 0.3) is 5.91 Å². The van der Waals surface area contributed by atoms with Gasteiger partial charge in [-0.1, -0.05) is 0 Å². The Morgan fingerprint density at radius 3 is 1.83 bits per heavy atom. The molecule has 1 amide bonds. The Kier molecular flexibility index (Phi) is 5.22. The molecule has 0 saturated carbocycles. The number of carbonyl (C=O) groups excluding carboxylic acids is 1. The second-order valence-corrected chi connectivity index (χ2v) is 3.70. The zero-order chi connectivity index (χ0) is 12.3. The van der Waals surface area contributed by atoms with Crippen LogP contribution in [0.5, 0.6) is 0 Å². The van der Waals surface area contributed by atoms with Crippen molar-refractivity contribution in [3.05, 3.63) is 54.1 Å². The Labute approximate surface area is 129 Å². The maximum absolute atomic E-state index is 11.8. The van der Waals surface area contributed by atoms with Gasteiger partial charge in [0.05, 0.1) is 0 Å². The fourth-order valence-corrected chi connectivity index (χ4v) is 1.40. The van der Waals surface area contributed by atoms with Crippen LogP contribution >= 0.6 is 0 Å². The SMILES string of the molecule is Nc1ccc(NC(=O)c2ccc(N)cc2)cc1.[H-].[Na+]. The van der Waals surface area contributed by atoms with Crippen molar-refractivity contribution >= 4 is 23.0 Å². The van der Waals surface area contributed by atoms with Crippen LogP contribution < -0.4 is 46.3 Å². The van der Waals surface area contributed by atoms with E-state index in [-0.39, 0.29) is 36.9 Å². The molecule has 0 heterocycles. The third kappa shape index (κ3) is 3.77. The van der Waals surface area contributed by atoms with Crippen molar-refractivity contribution in [2.24, 2.45) is 0 Å². The van der Waals surface area contributed by atoms with Gasteiger partial charge in [0.1, 0.15) is 0 Å². The molecule has 0 spiro atoms. The fraction of sp³-hybridized carbons (Fsp3) is 0. The van der Waals surface area contributed by atoms with Gasteiger partial charge in [0.15, 0.2) is 0 Å². The standard InChI is InChI=1S/C13H13N3O.Na.H/c14-10-3-1-9(2-4-10)13(17)16-12-7-5-11(15)6-8-12;;/h1-8H,14-15H2,(H,16,17);;/q;+1;-1. The summed E-state index contributed by atoms with van der Waals surface area (Å²) in [6, 6.07) is 13.7. The number of hydrogen-bond acceptors (Lipinski definition) is 3. The van der Waals surface area contributed by atoms with E-state index in [4.69, 9.17) is 11.5 Å². The second kappa shape index (κ2) is 6.44. The molecule has 5 N–H and O–H groups in total. The number of nitrogens with two attached hydrogens (primary N) is 2. The minimum absolute atomic E-state index is 0. The molecule has 0 aromatic heterocycles. The number of carbonyl (C=O) groups is 1. The Hall–Kier alpha value is -1.49. The van der Waals surface area contributed by atoms with Crippen molar-refractivity contribution in [3.63, 3.8) is 0 Å². The van der Waals surface area contributed by atoms with E-state index in [1.54, 1.807) is 48.5 Å². The van der Waals surface area contributed by atoms with Gasteiger partial charge in [0.2, 0.25) is 0 Å².